The van der Waals surface area contributed by atoms with Gasteiger partial charge in [-0.1, -0.05) is 25.4 Å². The van der Waals surface area contributed by atoms with E-state index in [1.807, 2.05) is 42.8 Å². The monoisotopic (exact) mass is 389 g/mol. The Hall–Kier alpha value is -1.98. The molecule has 0 bridgehead atoms. The lowest BCUT2D eigenvalue weighted by Crippen LogP contribution is -2.15. The van der Waals surface area contributed by atoms with Gasteiger partial charge in [-0.05, 0) is 43.5 Å². The maximum atomic E-state index is 13.5. The summed E-state index contributed by atoms with van der Waals surface area (Å²) in [7, 11) is 1.57. The van der Waals surface area contributed by atoms with Gasteiger partial charge >= 0.3 is 0 Å². The Morgan fingerprint density at radius 3 is 2.56 bits per heavy atom. The molecule has 144 valence electrons. The Morgan fingerprint density at radius 1 is 1.22 bits per heavy atom. The summed E-state index contributed by atoms with van der Waals surface area (Å²) in [6.07, 6.45) is 1.91. The van der Waals surface area contributed by atoms with Crippen molar-refractivity contribution in [1.29, 1.82) is 0 Å². The second-order valence-electron chi connectivity index (χ2n) is 7.19. The lowest BCUT2D eigenvalue weighted by molar-refractivity contribution is 0.142. The molecule has 3 heterocycles. The highest BCUT2D eigenvalue weighted by molar-refractivity contribution is 6.33. The van der Waals surface area contributed by atoms with Gasteiger partial charge in [-0.25, -0.2) is 9.37 Å². The molecule has 0 aliphatic rings. The van der Waals surface area contributed by atoms with Gasteiger partial charge in [-0.3, -0.25) is 4.98 Å². The zero-order valence-corrected chi connectivity index (χ0v) is 17.1. The van der Waals surface area contributed by atoms with Crippen LogP contribution in [0.3, 0.4) is 0 Å². The van der Waals surface area contributed by atoms with E-state index < -0.39 is 12.7 Å². The summed E-state index contributed by atoms with van der Waals surface area (Å²) in [6, 6.07) is 5.51. The number of aromatic nitrogens is 3. The summed E-state index contributed by atoms with van der Waals surface area (Å²) in [4.78, 5) is 9.52. The van der Waals surface area contributed by atoms with Gasteiger partial charge in [-0.15, -0.1) is 0 Å². The fourth-order valence-electron chi connectivity index (χ4n) is 3.34. The number of halogens is 2. The maximum Gasteiger partial charge on any atom is 0.112 e. The van der Waals surface area contributed by atoms with Crippen molar-refractivity contribution in [1.82, 2.24) is 14.5 Å². The average Bonchev–Trinajstić information content (AvgIpc) is 2.94. The van der Waals surface area contributed by atoms with Gasteiger partial charge in [0.2, 0.25) is 0 Å². The number of methoxy groups -OCH3 is 1. The van der Waals surface area contributed by atoms with E-state index in [1.54, 1.807) is 7.11 Å². The van der Waals surface area contributed by atoms with Crippen LogP contribution in [-0.2, 0) is 4.74 Å². The highest BCUT2D eigenvalue weighted by Gasteiger charge is 2.19. The highest BCUT2D eigenvalue weighted by Crippen LogP contribution is 2.34. The van der Waals surface area contributed by atoms with Crippen molar-refractivity contribution >= 4 is 22.6 Å². The first kappa shape index (κ1) is 19.8. The number of pyridine rings is 2. The molecule has 27 heavy (non-hydrogen) atoms. The molecule has 0 fully saturated rings. The molecule has 0 saturated heterocycles. The standard InChI is InChI=1S/C21H25ClFN3O/c1-12(2)18-7-6-16(14(4)24-18)21-17(22)8-19-20(25-21)13(3)10-26(19)15(9-23)11-27-5/h6-8,10,12,15H,9,11H2,1-5H3/t15-/m0/s1. The number of hydrogen-bond donors (Lipinski definition) is 0. The molecule has 0 saturated carbocycles. The Balaban J connectivity index is 2.15. The molecule has 6 heteroatoms. The molecular formula is C21H25ClFN3O. The predicted octanol–water partition coefficient (Wildman–Crippen LogP) is 5.65. The molecule has 0 amide bonds. The van der Waals surface area contributed by atoms with E-state index in [1.165, 1.54) is 0 Å². The third-order valence-corrected chi connectivity index (χ3v) is 5.11. The first-order valence-electron chi connectivity index (χ1n) is 9.07. The number of alkyl halides is 1. The van der Waals surface area contributed by atoms with Gasteiger partial charge in [0.1, 0.15) is 6.67 Å². The normalized spacial score (nSPS) is 12.9. The van der Waals surface area contributed by atoms with Crippen LogP contribution in [0.1, 0.15) is 42.8 Å². The summed E-state index contributed by atoms with van der Waals surface area (Å²) < 4.78 is 20.5. The summed E-state index contributed by atoms with van der Waals surface area (Å²) in [5.74, 6) is 0.360. The highest BCUT2D eigenvalue weighted by atomic mass is 35.5. The molecule has 0 N–H and O–H groups in total. The molecule has 3 rings (SSSR count). The van der Waals surface area contributed by atoms with Gasteiger partial charge in [0.05, 0.1) is 34.4 Å². The number of hydrogen-bond acceptors (Lipinski definition) is 3. The second-order valence-corrected chi connectivity index (χ2v) is 7.60. The van der Waals surface area contributed by atoms with E-state index in [0.717, 1.165) is 33.5 Å². The van der Waals surface area contributed by atoms with E-state index >= 15 is 0 Å². The van der Waals surface area contributed by atoms with Gasteiger partial charge in [-0.2, -0.15) is 0 Å². The molecule has 0 aliphatic heterocycles. The molecule has 3 aromatic heterocycles. The quantitative estimate of drug-likeness (QED) is 0.547. The summed E-state index contributed by atoms with van der Waals surface area (Å²) in [5, 5.41) is 0.527. The fourth-order valence-corrected chi connectivity index (χ4v) is 3.59. The Morgan fingerprint density at radius 2 is 1.96 bits per heavy atom. The smallest absolute Gasteiger partial charge is 0.112 e. The van der Waals surface area contributed by atoms with Crippen molar-refractivity contribution in [3.8, 4) is 11.3 Å². The van der Waals surface area contributed by atoms with Crippen molar-refractivity contribution < 1.29 is 9.13 Å². The molecule has 0 unspecified atom stereocenters. The predicted molar refractivity (Wildman–Crippen MR) is 108 cm³/mol. The fraction of sp³-hybridized carbons (Fsp3) is 0.429. The Kier molecular flexibility index (Phi) is 5.82. The van der Waals surface area contributed by atoms with Crippen LogP contribution in [0.5, 0.6) is 0 Å². The number of rotatable bonds is 6. The van der Waals surface area contributed by atoms with E-state index in [2.05, 4.69) is 13.8 Å². The lowest BCUT2D eigenvalue weighted by Gasteiger charge is -2.16. The third-order valence-electron chi connectivity index (χ3n) is 4.82. The first-order chi connectivity index (χ1) is 12.9. The van der Waals surface area contributed by atoms with Crippen LogP contribution in [0.25, 0.3) is 22.3 Å². The zero-order chi connectivity index (χ0) is 19.7. The third kappa shape index (κ3) is 3.71. The Labute approximate surface area is 164 Å². The van der Waals surface area contributed by atoms with Crippen LogP contribution in [0.15, 0.2) is 24.4 Å². The average molecular weight is 390 g/mol. The lowest BCUT2D eigenvalue weighted by atomic mass is 10.0. The molecule has 3 aromatic rings. The molecule has 4 nitrogen and oxygen atoms in total. The number of nitrogens with zero attached hydrogens (tertiary/aromatic N) is 3. The zero-order valence-electron chi connectivity index (χ0n) is 16.4. The minimum atomic E-state index is -0.518. The van der Waals surface area contributed by atoms with Crippen LogP contribution in [-0.4, -0.2) is 34.9 Å². The van der Waals surface area contributed by atoms with Crippen LogP contribution in [0, 0.1) is 13.8 Å². The molecule has 0 aliphatic carbocycles. The van der Waals surface area contributed by atoms with Gasteiger partial charge in [0.25, 0.3) is 0 Å². The largest absolute Gasteiger partial charge is 0.382 e. The molecule has 1 atom stereocenters. The minimum absolute atomic E-state index is 0.290. The van der Waals surface area contributed by atoms with Gasteiger partial charge in [0, 0.05) is 30.3 Å². The van der Waals surface area contributed by atoms with Crippen molar-refractivity contribution in [3.63, 3.8) is 0 Å². The summed E-state index contributed by atoms with van der Waals surface area (Å²) >= 11 is 6.59. The van der Waals surface area contributed by atoms with Crippen molar-refractivity contribution in [3.05, 3.63) is 46.4 Å². The number of fused-ring (bicyclic) bond motifs is 1. The van der Waals surface area contributed by atoms with Crippen molar-refractivity contribution in [2.24, 2.45) is 0 Å². The minimum Gasteiger partial charge on any atom is -0.382 e. The van der Waals surface area contributed by atoms with Gasteiger partial charge < -0.3 is 9.30 Å². The molecule has 0 spiro atoms. The Bertz CT molecular complexity index is 968. The van der Waals surface area contributed by atoms with E-state index in [-0.39, 0.29) is 0 Å². The van der Waals surface area contributed by atoms with Crippen LogP contribution >= 0.6 is 11.6 Å². The molecular weight excluding hydrogens is 365 g/mol. The number of ether oxygens (including phenoxy) is 1. The maximum absolute atomic E-state index is 13.5. The van der Waals surface area contributed by atoms with E-state index in [9.17, 15) is 4.39 Å². The number of aryl methyl sites for hydroxylation is 2. The van der Waals surface area contributed by atoms with E-state index in [4.69, 9.17) is 26.3 Å². The SMILES string of the molecule is COC[C@H](CF)n1cc(C)c2nc(-c3ccc(C(C)C)nc3C)c(Cl)cc21. The second kappa shape index (κ2) is 7.95. The van der Waals surface area contributed by atoms with Crippen molar-refractivity contribution in [2.75, 3.05) is 20.4 Å². The summed E-state index contributed by atoms with van der Waals surface area (Å²) in [5.41, 5.74) is 6.16. The van der Waals surface area contributed by atoms with E-state index in [0.29, 0.717) is 23.2 Å². The topological polar surface area (TPSA) is 39.9 Å². The molecule has 0 aromatic carbocycles. The van der Waals surface area contributed by atoms with Crippen LogP contribution < -0.4 is 0 Å². The first-order valence-corrected chi connectivity index (χ1v) is 9.45. The van der Waals surface area contributed by atoms with Gasteiger partial charge in [0.15, 0.2) is 0 Å². The van der Waals surface area contributed by atoms with Crippen LogP contribution in [0.2, 0.25) is 5.02 Å². The van der Waals surface area contributed by atoms with Crippen molar-refractivity contribution in [2.45, 2.75) is 39.7 Å². The van der Waals surface area contributed by atoms with Crippen LogP contribution in [0.4, 0.5) is 4.39 Å². The molecule has 0 radical (unpaired) electrons. The summed E-state index contributed by atoms with van der Waals surface area (Å²) in [6.45, 7) is 7.95.